The maximum Gasteiger partial charge on any atom is 0.304 e. The number of hydrogen-bond donors (Lipinski definition) is 2. The van der Waals surface area contributed by atoms with Crippen LogP contribution in [0.2, 0.25) is 0 Å². The molecule has 0 aliphatic carbocycles. The van der Waals surface area contributed by atoms with Crippen molar-refractivity contribution in [3.05, 3.63) is 33.9 Å². The summed E-state index contributed by atoms with van der Waals surface area (Å²) in [4.78, 5) is 20.7. The predicted molar refractivity (Wildman–Crippen MR) is 56.6 cm³/mol. The molecule has 6 nitrogen and oxygen atoms in total. The summed E-state index contributed by atoms with van der Waals surface area (Å²) in [5, 5.41) is 22.2. The number of benzene rings is 1. The van der Waals surface area contributed by atoms with E-state index in [4.69, 9.17) is 5.11 Å². The summed E-state index contributed by atoms with van der Waals surface area (Å²) in [7, 11) is 0. The Morgan fingerprint density at radius 2 is 2.38 bits per heavy atom. The van der Waals surface area contributed by atoms with E-state index in [0.29, 0.717) is 12.2 Å². The molecule has 0 fully saturated rings. The Morgan fingerprint density at radius 3 is 3.00 bits per heavy atom. The number of non-ortho nitro benzene ring substituents is 1. The number of rotatable bonds is 3. The molecule has 1 heterocycles. The van der Waals surface area contributed by atoms with Gasteiger partial charge in [-0.05, 0) is 11.6 Å². The van der Waals surface area contributed by atoms with E-state index >= 15 is 0 Å². The van der Waals surface area contributed by atoms with E-state index in [2.05, 4.69) is 5.32 Å². The number of fused-ring (bicyclic) bond motifs is 1. The van der Waals surface area contributed by atoms with Crippen molar-refractivity contribution in [3.63, 3.8) is 0 Å². The molecule has 2 rings (SSSR count). The molecule has 0 saturated heterocycles. The molecule has 1 aliphatic heterocycles. The quantitative estimate of drug-likeness (QED) is 0.598. The number of hydrogen-bond acceptors (Lipinski definition) is 4. The molecule has 6 heteroatoms. The van der Waals surface area contributed by atoms with Gasteiger partial charge in [-0.3, -0.25) is 14.9 Å². The first-order valence-electron chi connectivity index (χ1n) is 4.82. The minimum absolute atomic E-state index is 0.0159. The number of nitro groups is 1. The summed E-state index contributed by atoms with van der Waals surface area (Å²) in [5.41, 5.74) is 1.52. The highest BCUT2D eigenvalue weighted by Gasteiger charge is 2.25. The Morgan fingerprint density at radius 1 is 1.62 bits per heavy atom. The lowest BCUT2D eigenvalue weighted by molar-refractivity contribution is -0.384. The summed E-state index contributed by atoms with van der Waals surface area (Å²) in [6.07, 6.45) is 0.0395. The largest absolute Gasteiger partial charge is 0.481 e. The maximum atomic E-state index is 10.6. The lowest BCUT2D eigenvalue weighted by Crippen LogP contribution is -2.07. The molecule has 1 aliphatic rings. The van der Waals surface area contributed by atoms with E-state index in [-0.39, 0.29) is 18.0 Å². The number of nitrogens with zero attached hydrogens (tertiary/aromatic N) is 1. The van der Waals surface area contributed by atoms with Crippen molar-refractivity contribution >= 4 is 17.3 Å². The first kappa shape index (κ1) is 10.4. The second-order valence-electron chi connectivity index (χ2n) is 3.70. The fourth-order valence-electron chi connectivity index (χ4n) is 1.90. The molecule has 1 aromatic carbocycles. The third-order valence-electron chi connectivity index (χ3n) is 2.65. The number of nitrogens with one attached hydrogen (secondary N) is 1. The second-order valence-corrected chi connectivity index (χ2v) is 3.70. The predicted octanol–water partition coefficient (Wildman–Crippen LogP) is 1.58. The average molecular weight is 222 g/mol. The monoisotopic (exact) mass is 222 g/mol. The highest BCUT2D eigenvalue weighted by Crippen LogP contribution is 2.35. The summed E-state index contributed by atoms with van der Waals surface area (Å²) in [5.74, 6) is -0.966. The van der Waals surface area contributed by atoms with Crippen molar-refractivity contribution in [1.29, 1.82) is 0 Å². The van der Waals surface area contributed by atoms with E-state index in [0.717, 1.165) is 5.56 Å². The Labute approximate surface area is 91.0 Å². The van der Waals surface area contributed by atoms with E-state index in [1.54, 1.807) is 6.07 Å². The van der Waals surface area contributed by atoms with Gasteiger partial charge in [-0.15, -0.1) is 0 Å². The number of carbonyl (C=O) groups is 1. The van der Waals surface area contributed by atoms with Crippen LogP contribution in [0.15, 0.2) is 18.2 Å². The van der Waals surface area contributed by atoms with Gasteiger partial charge in [0.1, 0.15) is 0 Å². The van der Waals surface area contributed by atoms with Crippen molar-refractivity contribution < 1.29 is 14.8 Å². The average Bonchev–Trinajstić information content (AvgIpc) is 2.60. The molecule has 16 heavy (non-hydrogen) atoms. The molecule has 0 aromatic heterocycles. The smallest absolute Gasteiger partial charge is 0.304 e. The number of carboxylic acids is 1. The van der Waals surface area contributed by atoms with Crippen molar-refractivity contribution in [2.75, 3.05) is 11.9 Å². The zero-order valence-corrected chi connectivity index (χ0v) is 8.34. The van der Waals surface area contributed by atoms with Crippen molar-refractivity contribution in [3.8, 4) is 0 Å². The number of anilines is 1. The van der Waals surface area contributed by atoms with E-state index in [1.165, 1.54) is 12.1 Å². The first-order chi connectivity index (χ1) is 7.58. The Kier molecular flexibility index (Phi) is 2.47. The Balaban J connectivity index is 2.28. The molecular formula is C10H10N2O4. The highest BCUT2D eigenvalue weighted by atomic mass is 16.6. The minimum Gasteiger partial charge on any atom is -0.481 e. The lowest BCUT2D eigenvalue weighted by atomic mass is 9.98. The van der Waals surface area contributed by atoms with Gasteiger partial charge in [-0.25, -0.2) is 0 Å². The number of aliphatic carboxylic acids is 1. The third-order valence-corrected chi connectivity index (χ3v) is 2.65. The van der Waals surface area contributed by atoms with Crippen LogP contribution < -0.4 is 5.32 Å². The van der Waals surface area contributed by atoms with Gasteiger partial charge >= 0.3 is 5.97 Å². The minimum atomic E-state index is -0.863. The Bertz CT molecular complexity index is 458. The van der Waals surface area contributed by atoms with E-state index in [1.807, 2.05) is 0 Å². The summed E-state index contributed by atoms with van der Waals surface area (Å²) in [6, 6.07) is 4.47. The molecule has 0 bridgehead atoms. The number of carboxylic acid groups (broad SMARTS) is 1. The molecule has 1 aromatic rings. The van der Waals surface area contributed by atoms with Gasteiger partial charge in [0.2, 0.25) is 0 Å². The van der Waals surface area contributed by atoms with Crippen LogP contribution >= 0.6 is 0 Å². The molecule has 2 N–H and O–H groups in total. The van der Waals surface area contributed by atoms with Gasteiger partial charge < -0.3 is 10.4 Å². The number of nitro benzene ring substituents is 1. The van der Waals surface area contributed by atoms with Crippen LogP contribution in [0.5, 0.6) is 0 Å². The van der Waals surface area contributed by atoms with E-state index < -0.39 is 10.9 Å². The third kappa shape index (κ3) is 1.81. The van der Waals surface area contributed by atoms with Gasteiger partial charge in [-0.2, -0.15) is 0 Å². The topological polar surface area (TPSA) is 92.5 Å². The van der Waals surface area contributed by atoms with Crippen LogP contribution in [0.1, 0.15) is 17.9 Å². The Hall–Kier alpha value is -2.11. The van der Waals surface area contributed by atoms with Crippen LogP contribution in [0, 0.1) is 10.1 Å². The zero-order valence-electron chi connectivity index (χ0n) is 8.34. The standard InChI is InChI=1S/C10H10N2O4/c13-10(14)3-6-5-11-9-4-7(12(15)16)1-2-8(6)9/h1-2,4,6,11H,3,5H2,(H,13,14). The van der Waals surface area contributed by atoms with Crippen LogP contribution in [-0.4, -0.2) is 22.5 Å². The summed E-state index contributed by atoms with van der Waals surface area (Å²) in [6.45, 7) is 0.517. The molecule has 0 saturated carbocycles. The van der Waals surface area contributed by atoms with Gasteiger partial charge in [0.25, 0.3) is 5.69 Å². The molecule has 84 valence electrons. The van der Waals surface area contributed by atoms with Crippen molar-refractivity contribution in [2.45, 2.75) is 12.3 Å². The van der Waals surface area contributed by atoms with Gasteiger partial charge in [0, 0.05) is 30.3 Å². The summed E-state index contributed by atoms with van der Waals surface area (Å²) < 4.78 is 0. The molecular weight excluding hydrogens is 212 g/mol. The van der Waals surface area contributed by atoms with Gasteiger partial charge in [0.05, 0.1) is 11.3 Å². The molecule has 0 radical (unpaired) electrons. The maximum absolute atomic E-state index is 10.6. The van der Waals surface area contributed by atoms with Crippen LogP contribution in [0.3, 0.4) is 0 Å². The van der Waals surface area contributed by atoms with Crippen molar-refractivity contribution in [1.82, 2.24) is 0 Å². The molecule has 1 unspecified atom stereocenters. The van der Waals surface area contributed by atoms with E-state index in [9.17, 15) is 14.9 Å². The molecule has 0 amide bonds. The first-order valence-corrected chi connectivity index (χ1v) is 4.82. The normalized spacial score (nSPS) is 17.6. The lowest BCUT2D eigenvalue weighted by Gasteiger charge is -2.05. The summed E-state index contributed by atoms with van der Waals surface area (Å²) >= 11 is 0. The zero-order chi connectivity index (χ0) is 11.7. The van der Waals surface area contributed by atoms with Crippen LogP contribution in [-0.2, 0) is 4.79 Å². The highest BCUT2D eigenvalue weighted by molar-refractivity contribution is 5.71. The SMILES string of the molecule is O=C(O)CC1CNc2cc([N+](=O)[O-])ccc21. The van der Waals surface area contributed by atoms with Crippen molar-refractivity contribution in [2.24, 2.45) is 0 Å². The molecule has 1 atom stereocenters. The van der Waals surface area contributed by atoms with Gasteiger partial charge in [0.15, 0.2) is 0 Å². The fraction of sp³-hybridized carbons (Fsp3) is 0.300. The fourth-order valence-corrected chi connectivity index (χ4v) is 1.90. The molecule has 0 spiro atoms. The second kappa shape index (κ2) is 3.80. The van der Waals surface area contributed by atoms with Crippen LogP contribution in [0.25, 0.3) is 0 Å². The van der Waals surface area contributed by atoms with Crippen LogP contribution in [0.4, 0.5) is 11.4 Å². The van der Waals surface area contributed by atoms with Gasteiger partial charge in [-0.1, -0.05) is 0 Å².